The van der Waals surface area contributed by atoms with Gasteiger partial charge in [-0.2, -0.15) is 0 Å². The minimum Gasteiger partial charge on any atom is -0.490 e. The molecule has 0 saturated heterocycles. The molecule has 3 rings (SSSR count). The monoisotopic (exact) mass is 419 g/mol. The maximum atomic E-state index is 14.1. The van der Waals surface area contributed by atoms with Gasteiger partial charge in [0.1, 0.15) is 5.82 Å². The van der Waals surface area contributed by atoms with Crippen molar-refractivity contribution in [1.29, 1.82) is 0 Å². The Morgan fingerprint density at radius 1 is 1.10 bits per heavy atom. The van der Waals surface area contributed by atoms with Crippen LogP contribution < -0.4 is 19.5 Å². The summed E-state index contributed by atoms with van der Waals surface area (Å²) < 4.78 is 31.2. The molecule has 1 atom stereocenters. The first-order chi connectivity index (χ1) is 14.1. The molecule has 0 fully saturated rings. The highest BCUT2D eigenvalue weighted by Gasteiger charge is 2.26. The SMILES string of the molecule is CCOc1cc(C(=O)NC2CCSc3c(F)cccc32)cc(OCC)c1OCC. The minimum atomic E-state index is -0.262. The molecular weight excluding hydrogens is 393 g/mol. The van der Waals surface area contributed by atoms with Crippen molar-refractivity contribution in [3.63, 3.8) is 0 Å². The third kappa shape index (κ3) is 4.78. The highest BCUT2D eigenvalue weighted by Crippen LogP contribution is 2.40. The zero-order chi connectivity index (χ0) is 20.8. The number of hydrogen-bond acceptors (Lipinski definition) is 5. The topological polar surface area (TPSA) is 56.8 Å². The summed E-state index contributed by atoms with van der Waals surface area (Å²) >= 11 is 1.48. The van der Waals surface area contributed by atoms with Gasteiger partial charge in [-0.15, -0.1) is 11.8 Å². The average molecular weight is 420 g/mol. The van der Waals surface area contributed by atoms with Crippen LogP contribution in [0.2, 0.25) is 0 Å². The molecule has 7 heteroatoms. The van der Waals surface area contributed by atoms with Crippen molar-refractivity contribution in [2.24, 2.45) is 0 Å². The Kier molecular flexibility index (Phi) is 7.25. The van der Waals surface area contributed by atoms with Crippen molar-refractivity contribution in [2.75, 3.05) is 25.6 Å². The standard InChI is InChI=1S/C22H26FNO4S/c1-4-26-18-12-14(13-19(27-5-2)20(18)28-6-3)22(25)24-17-10-11-29-21-15(17)8-7-9-16(21)23/h7-9,12-13,17H,4-6,10-11H2,1-3H3,(H,24,25). The van der Waals surface area contributed by atoms with E-state index in [2.05, 4.69) is 5.32 Å². The van der Waals surface area contributed by atoms with E-state index in [0.717, 1.165) is 17.7 Å². The molecule has 0 aromatic heterocycles. The summed E-state index contributed by atoms with van der Waals surface area (Å²) in [6.07, 6.45) is 0.737. The summed E-state index contributed by atoms with van der Waals surface area (Å²) in [6.45, 7) is 6.94. The highest BCUT2D eigenvalue weighted by atomic mass is 32.2. The zero-order valence-corrected chi connectivity index (χ0v) is 17.7. The molecule has 0 bridgehead atoms. The van der Waals surface area contributed by atoms with Crippen LogP contribution >= 0.6 is 11.8 Å². The lowest BCUT2D eigenvalue weighted by atomic mass is 10.0. The molecule has 1 aliphatic heterocycles. The van der Waals surface area contributed by atoms with E-state index < -0.39 is 0 Å². The first kappa shape index (κ1) is 21.3. The molecular formula is C22H26FNO4S. The van der Waals surface area contributed by atoms with Gasteiger partial charge in [0.2, 0.25) is 5.75 Å². The van der Waals surface area contributed by atoms with Gasteiger partial charge < -0.3 is 19.5 Å². The molecule has 1 amide bonds. The predicted octanol–water partition coefficient (Wildman–Crippen LogP) is 4.99. The first-order valence-corrected chi connectivity index (χ1v) is 10.9. The van der Waals surface area contributed by atoms with Crippen molar-refractivity contribution in [3.05, 3.63) is 47.3 Å². The van der Waals surface area contributed by atoms with Gasteiger partial charge in [-0.3, -0.25) is 4.79 Å². The van der Waals surface area contributed by atoms with E-state index in [0.29, 0.717) is 47.5 Å². The Morgan fingerprint density at radius 3 is 2.38 bits per heavy atom. The molecule has 5 nitrogen and oxygen atoms in total. The number of benzene rings is 2. The van der Waals surface area contributed by atoms with Gasteiger partial charge >= 0.3 is 0 Å². The van der Waals surface area contributed by atoms with Gasteiger partial charge in [0.25, 0.3) is 5.91 Å². The number of carbonyl (C=O) groups excluding carboxylic acids is 1. The number of hydrogen-bond donors (Lipinski definition) is 1. The molecule has 1 heterocycles. The summed E-state index contributed by atoms with van der Waals surface area (Å²) in [5.41, 5.74) is 1.23. The summed E-state index contributed by atoms with van der Waals surface area (Å²) in [7, 11) is 0. The molecule has 29 heavy (non-hydrogen) atoms. The van der Waals surface area contributed by atoms with Crippen LogP contribution in [0.15, 0.2) is 35.2 Å². The van der Waals surface area contributed by atoms with E-state index in [1.807, 2.05) is 26.8 Å². The molecule has 2 aromatic carbocycles. The second-order valence-corrected chi connectivity index (χ2v) is 7.53. The fraction of sp³-hybridized carbons (Fsp3) is 0.409. The van der Waals surface area contributed by atoms with E-state index in [1.165, 1.54) is 17.8 Å². The third-order valence-corrected chi connectivity index (χ3v) is 5.66. The maximum Gasteiger partial charge on any atom is 0.252 e. The van der Waals surface area contributed by atoms with Crippen LogP contribution in [-0.4, -0.2) is 31.5 Å². The Hall–Kier alpha value is -2.41. The molecule has 156 valence electrons. The number of halogens is 1. The van der Waals surface area contributed by atoms with E-state index in [-0.39, 0.29) is 17.8 Å². The van der Waals surface area contributed by atoms with Gasteiger partial charge in [-0.1, -0.05) is 12.1 Å². The molecule has 1 unspecified atom stereocenters. The number of amides is 1. The molecule has 0 aliphatic carbocycles. The molecule has 2 aromatic rings. The summed E-state index contributed by atoms with van der Waals surface area (Å²) in [5.74, 6) is 1.67. The van der Waals surface area contributed by atoms with Crippen LogP contribution in [0.25, 0.3) is 0 Å². The fourth-order valence-corrected chi connectivity index (χ4v) is 4.44. The Bertz CT molecular complexity index is 847. The molecule has 0 spiro atoms. The van der Waals surface area contributed by atoms with E-state index in [4.69, 9.17) is 14.2 Å². The quantitative estimate of drug-likeness (QED) is 0.653. The maximum absolute atomic E-state index is 14.1. The number of rotatable bonds is 8. The third-order valence-electron chi connectivity index (χ3n) is 4.50. The Balaban J connectivity index is 1.90. The van der Waals surface area contributed by atoms with Crippen LogP contribution in [0.3, 0.4) is 0 Å². The lowest BCUT2D eigenvalue weighted by molar-refractivity contribution is 0.0933. The van der Waals surface area contributed by atoms with Crippen molar-refractivity contribution in [2.45, 2.75) is 38.1 Å². The van der Waals surface area contributed by atoms with Crippen molar-refractivity contribution < 1.29 is 23.4 Å². The number of fused-ring (bicyclic) bond motifs is 1. The van der Waals surface area contributed by atoms with Crippen LogP contribution in [-0.2, 0) is 0 Å². The fourth-order valence-electron chi connectivity index (χ4n) is 3.30. The van der Waals surface area contributed by atoms with Gasteiger partial charge in [-0.05, 0) is 51.0 Å². The Morgan fingerprint density at radius 2 is 1.76 bits per heavy atom. The van der Waals surface area contributed by atoms with E-state index in [9.17, 15) is 9.18 Å². The Labute approximate surface area is 174 Å². The second kappa shape index (κ2) is 9.87. The van der Waals surface area contributed by atoms with E-state index in [1.54, 1.807) is 18.2 Å². The lowest BCUT2D eigenvalue weighted by Crippen LogP contribution is -2.31. The summed E-state index contributed by atoms with van der Waals surface area (Å²) in [5, 5.41) is 3.04. The van der Waals surface area contributed by atoms with Gasteiger partial charge in [0, 0.05) is 16.2 Å². The van der Waals surface area contributed by atoms with Crippen LogP contribution in [0.1, 0.15) is 49.2 Å². The molecule has 0 saturated carbocycles. The van der Waals surface area contributed by atoms with Crippen molar-refractivity contribution in [1.82, 2.24) is 5.32 Å². The van der Waals surface area contributed by atoms with E-state index >= 15 is 0 Å². The molecule has 1 N–H and O–H groups in total. The summed E-state index contributed by atoms with van der Waals surface area (Å²) in [6, 6.07) is 8.08. The van der Waals surface area contributed by atoms with Crippen LogP contribution in [0, 0.1) is 5.82 Å². The van der Waals surface area contributed by atoms with Gasteiger partial charge in [-0.25, -0.2) is 4.39 Å². The molecule has 1 aliphatic rings. The largest absolute Gasteiger partial charge is 0.490 e. The lowest BCUT2D eigenvalue weighted by Gasteiger charge is -2.26. The number of thioether (sulfide) groups is 1. The normalized spacial score (nSPS) is 15.4. The zero-order valence-electron chi connectivity index (χ0n) is 16.9. The van der Waals surface area contributed by atoms with Crippen molar-refractivity contribution in [3.8, 4) is 17.2 Å². The van der Waals surface area contributed by atoms with Crippen molar-refractivity contribution >= 4 is 17.7 Å². The minimum absolute atomic E-state index is 0.243. The number of nitrogens with one attached hydrogen (secondary N) is 1. The van der Waals surface area contributed by atoms with Gasteiger partial charge in [0.05, 0.1) is 25.9 Å². The first-order valence-electron chi connectivity index (χ1n) is 9.87. The highest BCUT2D eigenvalue weighted by molar-refractivity contribution is 7.99. The summed E-state index contributed by atoms with van der Waals surface area (Å²) in [4.78, 5) is 13.6. The van der Waals surface area contributed by atoms with Crippen LogP contribution in [0.4, 0.5) is 4.39 Å². The van der Waals surface area contributed by atoms with Crippen LogP contribution in [0.5, 0.6) is 17.2 Å². The molecule has 0 radical (unpaired) electrons. The second-order valence-electron chi connectivity index (χ2n) is 6.42. The average Bonchev–Trinajstić information content (AvgIpc) is 2.71. The predicted molar refractivity (Wildman–Crippen MR) is 112 cm³/mol. The van der Waals surface area contributed by atoms with Gasteiger partial charge in [0.15, 0.2) is 11.5 Å². The smallest absolute Gasteiger partial charge is 0.252 e. The number of carbonyl (C=O) groups is 1. The number of ether oxygens (including phenoxy) is 3.